The van der Waals surface area contributed by atoms with Gasteiger partial charge >= 0.3 is 5.97 Å². The Morgan fingerprint density at radius 2 is 1.78 bits per heavy atom. The van der Waals surface area contributed by atoms with Gasteiger partial charge in [-0.2, -0.15) is 24.4 Å². The fourth-order valence-corrected chi connectivity index (χ4v) is 4.74. The maximum Gasteiger partial charge on any atom is 0.336 e. The molecule has 0 aromatic heterocycles. The minimum Gasteiger partial charge on any atom is -0.464 e. The Labute approximate surface area is 176 Å². The van der Waals surface area contributed by atoms with Gasteiger partial charge in [-0.1, -0.05) is 54.9 Å². The van der Waals surface area contributed by atoms with E-state index in [1.54, 1.807) is 18.7 Å². The van der Waals surface area contributed by atoms with E-state index in [4.69, 9.17) is 9.47 Å². The highest BCUT2D eigenvalue weighted by Gasteiger charge is 2.36. The maximum atomic E-state index is 12.4. The van der Waals surface area contributed by atoms with Crippen LogP contribution in [0.2, 0.25) is 0 Å². The monoisotopic (exact) mass is 422 g/mol. The second kappa shape index (κ2) is 12.6. The molecule has 4 atom stereocenters. The third-order valence-corrected chi connectivity index (χ3v) is 7.32. The van der Waals surface area contributed by atoms with Crippen molar-refractivity contribution in [1.82, 2.24) is 0 Å². The molecule has 0 aliphatic rings. The summed E-state index contributed by atoms with van der Waals surface area (Å²) in [5, 5.41) is 10.4. The molecule has 4 unspecified atom stereocenters. The van der Waals surface area contributed by atoms with Gasteiger partial charge in [0.2, 0.25) is 0 Å². The molecule has 4 nitrogen and oxygen atoms in total. The standard InChI is InChI=1S/C21H42O4S2/c1-9-20(5,6)14-21(7,8)15(4)12-17(22)25-18(19(23)24-10-2)16(13-26)27-11-3/h15-18,22,26H,9-14H2,1-8H3. The number of aliphatic hydroxyl groups is 1. The number of carbonyl (C=O) groups is 1. The largest absolute Gasteiger partial charge is 0.464 e. The van der Waals surface area contributed by atoms with Crippen molar-refractivity contribution in [2.45, 2.75) is 92.3 Å². The molecular weight excluding hydrogens is 380 g/mol. The van der Waals surface area contributed by atoms with Gasteiger partial charge in [0.25, 0.3) is 0 Å². The highest BCUT2D eigenvalue weighted by molar-refractivity contribution is 8.00. The fraction of sp³-hybridized carbons (Fsp3) is 0.952. The normalized spacial score (nSPS) is 17.3. The van der Waals surface area contributed by atoms with Crippen LogP contribution in [0.5, 0.6) is 0 Å². The van der Waals surface area contributed by atoms with E-state index in [0.29, 0.717) is 18.8 Å². The Bertz CT molecular complexity index is 426. The zero-order valence-electron chi connectivity index (χ0n) is 18.6. The summed E-state index contributed by atoms with van der Waals surface area (Å²) in [4.78, 5) is 12.4. The Morgan fingerprint density at radius 1 is 1.19 bits per heavy atom. The number of carbonyl (C=O) groups excluding carboxylic acids is 1. The Kier molecular flexibility index (Phi) is 12.7. The highest BCUT2D eigenvalue weighted by atomic mass is 32.2. The van der Waals surface area contributed by atoms with Crippen molar-refractivity contribution in [1.29, 1.82) is 0 Å². The van der Waals surface area contributed by atoms with Crippen LogP contribution in [0.1, 0.15) is 74.7 Å². The van der Waals surface area contributed by atoms with Crippen molar-refractivity contribution in [3.05, 3.63) is 0 Å². The van der Waals surface area contributed by atoms with Crippen LogP contribution in [-0.2, 0) is 14.3 Å². The molecule has 0 saturated carbocycles. The molecule has 1 N–H and O–H groups in total. The van der Waals surface area contributed by atoms with Crippen molar-refractivity contribution in [3.8, 4) is 0 Å². The number of hydrogen-bond donors (Lipinski definition) is 2. The lowest BCUT2D eigenvalue weighted by atomic mass is 9.67. The first kappa shape index (κ1) is 27.1. The smallest absolute Gasteiger partial charge is 0.336 e. The van der Waals surface area contributed by atoms with Crippen molar-refractivity contribution >= 4 is 30.4 Å². The first-order valence-electron chi connectivity index (χ1n) is 10.2. The molecule has 0 spiro atoms. The Morgan fingerprint density at radius 3 is 2.22 bits per heavy atom. The molecule has 0 aromatic rings. The van der Waals surface area contributed by atoms with E-state index >= 15 is 0 Å². The van der Waals surface area contributed by atoms with Crippen LogP contribution in [0, 0.1) is 16.7 Å². The molecular formula is C21H42O4S2. The van der Waals surface area contributed by atoms with Crippen LogP contribution in [0.4, 0.5) is 0 Å². The molecule has 0 amide bonds. The van der Waals surface area contributed by atoms with Crippen LogP contribution >= 0.6 is 24.4 Å². The molecule has 0 bridgehead atoms. The summed E-state index contributed by atoms with van der Waals surface area (Å²) < 4.78 is 11.0. The average Bonchev–Trinajstić information content (AvgIpc) is 2.57. The van der Waals surface area contributed by atoms with E-state index in [2.05, 4.69) is 54.2 Å². The number of ether oxygens (including phenoxy) is 2. The summed E-state index contributed by atoms with van der Waals surface area (Å²) in [6, 6.07) is 0. The van der Waals surface area contributed by atoms with Gasteiger partial charge in [0.15, 0.2) is 12.4 Å². The van der Waals surface area contributed by atoms with Crippen LogP contribution in [0.15, 0.2) is 0 Å². The van der Waals surface area contributed by atoms with E-state index in [9.17, 15) is 9.90 Å². The first-order chi connectivity index (χ1) is 12.4. The number of thiol groups is 1. The van der Waals surface area contributed by atoms with E-state index in [0.717, 1.165) is 18.6 Å². The van der Waals surface area contributed by atoms with Gasteiger partial charge in [-0.25, -0.2) is 4.79 Å². The van der Waals surface area contributed by atoms with Crippen LogP contribution in [0.25, 0.3) is 0 Å². The lowest BCUT2D eigenvalue weighted by Gasteiger charge is -2.40. The summed E-state index contributed by atoms with van der Waals surface area (Å²) in [5.41, 5.74) is 0.316. The number of aliphatic hydroxyl groups excluding tert-OH is 1. The Balaban J connectivity index is 5.06. The summed E-state index contributed by atoms with van der Waals surface area (Å²) in [6.45, 7) is 17.5. The van der Waals surface area contributed by atoms with Crippen molar-refractivity contribution in [3.63, 3.8) is 0 Å². The van der Waals surface area contributed by atoms with Crippen LogP contribution in [0.3, 0.4) is 0 Å². The number of rotatable bonds is 14. The molecule has 162 valence electrons. The van der Waals surface area contributed by atoms with Crippen LogP contribution < -0.4 is 0 Å². The predicted molar refractivity (Wildman–Crippen MR) is 120 cm³/mol. The molecule has 0 aliphatic carbocycles. The summed E-state index contributed by atoms with van der Waals surface area (Å²) >= 11 is 5.96. The fourth-order valence-electron chi connectivity index (χ4n) is 3.35. The van der Waals surface area contributed by atoms with Crippen molar-refractivity contribution < 1.29 is 19.4 Å². The zero-order chi connectivity index (χ0) is 21.3. The van der Waals surface area contributed by atoms with Gasteiger partial charge in [-0.05, 0) is 35.8 Å². The van der Waals surface area contributed by atoms with Gasteiger partial charge < -0.3 is 14.6 Å². The van der Waals surface area contributed by atoms with E-state index < -0.39 is 18.4 Å². The molecule has 6 heteroatoms. The van der Waals surface area contributed by atoms with Gasteiger partial charge in [-0.15, -0.1) is 0 Å². The number of esters is 1. The zero-order valence-corrected chi connectivity index (χ0v) is 20.3. The molecule has 0 rings (SSSR count). The van der Waals surface area contributed by atoms with Gasteiger partial charge in [0.05, 0.1) is 11.9 Å². The molecule has 27 heavy (non-hydrogen) atoms. The minimum atomic E-state index is -1.00. The molecule has 0 fully saturated rings. The lowest BCUT2D eigenvalue weighted by molar-refractivity contribution is -0.184. The third-order valence-electron chi connectivity index (χ3n) is 5.50. The predicted octanol–water partition coefficient (Wildman–Crippen LogP) is 5.18. The maximum absolute atomic E-state index is 12.4. The van der Waals surface area contributed by atoms with E-state index in [1.165, 1.54) is 0 Å². The molecule has 0 aromatic carbocycles. The summed E-state index contributed by atoms with van der Waals surface area (Å²) in [7, 11) is 0. The molecule has 0 saturated heterocycles. The van der Waals surface area contributed by atoms with Crippen LogP contribution in [-0.4, -0.2) is 46.8 Å². The second-order valence-corrected chi connectivity index (χ2v) is 10.6. The molecule has 0 heterocycles. The number of hydrogen-bond acceptors (Lipinski definition) is 6. The molecule has 0 radical (unpaired) electrons. The van der Waals surface area contributed by atoms with Gasteiger partial charge in [0.1, 0.15) is 0 Å². The highest BCUT2D eigenvalue weighted by Crippen LogP contribution is 2.42. The Hall–Kier alpha value is 0.0900. The summed E-state index contributed by atoms with van der Waals surface area (Å²) in [6.07, 6.45) is 0.864. The topological polar surface area (TPSA) is 55.8 Å². The lowest BCUT2D eigenvalue weighted by Crippen LogP contribution is -2.41. The second-order valence-electron chi connectivity index (χ2n) is 8.76. The van der Waals surface area contributed by atoms with Crippen molar-refractivity contribution in [2.24, 2.45) is 16.7 Å². The molecule has 0 aliphatic heterocycles. The quantitative estimate of drug-likeness (QED) is 0.229. The third kappa shape index (κ3) is 9.91. The van der Waals surface area contributed by atoms with E-state index in [1.807, 2.05) is 6.92 Å². The van der Waals surface area contributed by atoms with Gasteiger partial charge in [0, 0.05) is 12.2 Å². The van der Waals surface area contributed by atoms with Gasteiger partial charge in [-0.3, -0.25) is 0 Å². The summed E-state index contributed by atoms with van der Waals surface area (Å²) in [5.74, 6) is 1.15. The van der Waals surface area contributed by atoms with Crippen molar-refractivity contribution in [2.75, 3.05) is 18.1 Å². The SMILES string of the molecule is CCOC(=O)C(OC(O)CC(C)C(C)(C)CC(C)(C)CC)C(CS)SCC. The minimum absolute atomic E-state index is 0.0599. The number of thioether (sulfide) groups is 1. The first-order valence-corrected chi connectivity index (χ1v) is 11.8. The average molecular weight is 423 g/mol. The van der Waals surface area contributed by atoms with E-state index in [-0.39, 0.29) is 22.0 Å².